The molecule has 9 heteroatoms. The summed E-state index contributed by atoms with van der Waals surface area (Å²) in [6, 6.07) is 4.22. The topological polar surface area (TPSA) is 92.5 Å². The Morgan fingerprint density at radius 2 is 2.10 bits per heavy atom. The fourth-order valence-corrected chi connectivity index (χ4v) is 4.04. The Labute approximate surface area is 133 Å². The zero-order chi connectivity index (χ0) is 15.6. The van der Waals surface area contributed by atoms with E-state index >= 15 is 0 Å². The Hall–Kier alpha value is -1.22. The average molecular weight is 348 g/mol. The van der Waals surface area contributed by atoms with Crippen molar-refractivity contribution in [3.8, 4) is 0 Å². The molecule has 2 rings (SSSR count). The summed E-state index contributed by atoms with van der Waals surface area (Å²) >= 11 is 10.8. The Bertz CT molecular complexity index is 691. The highest BCUT2D eigenvalue weighted by atomic mass is 35.5. The minimum Gasteiger partial charge on any atom is -0.389 e. The van der Waals surface area contributed by atoms with Gasteiger partial charge in [-0.05, 0) is 18.2 Å². The molecular weight excluding hydrogens is 334 g/mol. The quantitative estimate of drug-likeness (QED) is 0.776. The fraction of sp³-hybridized carbons (Fsp3) is 0.333. The second-order valence-electron chi connectivity index (χ2n) is 4.51. The molecule has 0 atom stereocenters. The summed E-state index contributed by atoms with van der Waals surface area (Å²) < 4.78 is 26.3. The molecule has 0 aliphatic carbocycles. The van der Waals surface area contributed by atoms with E-state index in [0.717, 1.165) is 0 Å². The second kappa shape index (κ2) is 6.27. The first-order valence-corrected chi connectivity index (χ1v) is 8.41. The van der Waals surface area contributed by atoms with Gasteiger partial charge in [-0.3, -0.25) is 4.79 Å². The molecule has 0 radical (unpaired) electrons. The van der Waals surface area contributed by atoms with Gasteiger partial charge >= 0.3 is 0 Å². The molecule has 3 N–H and O–H groups in total. The minimum absolute atomic E-state index is 0.0573. The van der Waals surface area contributed by atoms with E-state index in [1.54, 1.807) is 0 Å². The van der Waals surface area contributed by atoms with Crippen LogP contribution in [-0.4, -0.2) is 43.3 Å². The maximum Gasteiger partial charge on any atom is 0.243 e. The van der Waals surface area contributed by atoms with E-state index in [-0.39, 0.29) is 46.9 Å². The summed E-state index contributed by atoms with van der Waals surface area (Å²) in [5, 5.41) is 2.82. The molecule has 6 nitrogen and oxygen atoms in total. The van der Waals surface area contributed by atoms with E-state index in [9.17, 15) is 13.2 Å². The van der Waals surface area contributed by atoms with E-state index < -0.39 is 10.0 Å². The van der Waals surface area contributed by atoms with Gasteiger partial charge < -0.3 is 11.1 Å². The van der Waals surface area contributed by atoms with Crippen LogP contribution in [0.15, 0.2) is 23.1 Å². The molecule has 0 bridgehead atoms. The Morgan fingerprint density at radius 3 is 2.71 bits per heavy atom. The monoisotopic (exact) mass is 347 g/mol. The molecule has 1 aromatic rings. The molecule has 1 aliphatic heterocycles. The molecule has 21 heavy (non-hydrogen) atoms. The number of halogens is 1. The van der Waals surface area contributed by atoms with Crippen LogP contribution in [0.5, 0.6) is 0 Å². The van der Waals surface area contributed by atoms with Gasteiger partial charge in [0.25, 0.3) is 0 Å². The maximum absolute atomic E-state index is 12.5. The zero-order valence-electron chi connectivity index (χ0n) is 11.0. The van der Waals surface area contributed by atoms with Crippen LogP contribution < -0.4 is 11.1 Å². The first-order chi connectivity index (χ1) is 9.82. The van der Waals surface area contributed by atoms with Crippen LogP contribution in [0.2, 0.25) is 5.02 Å². The number of amides is 1. The summed E-state index contributed by atoms with van der Waals surface area (Å²) in [6.45, 7) is 0.655. The molecule has 114 valence electrons. The molecule has 1 amide bonds. The van der Waals surface area contributed by atoms with E-state index in [1.807, 2.05) is 0 Å². The van der Waals surface area contributed by atoms with Crippen LogP contribution in [0.4, 0.5) is 0 Å². The Balaban J connectivity index is 2.33. The lowest BCUT2D eigenvalue weighted by molar-refractivity contribution is -0.120. The van der Waals surface area contributed by atoms with Gasteiger partial charge in [0, 0.05) is 31.6 Å². The summed E-state index contributed by atoms with van der Waals surface area (Å²) in [5.41, 5.74) is 5.92. The van der Waals surface area contributed by atoms with E-state index in [1.165, 1.54) is 22.5 Å². The largest absolute Gasteiger partial charge is 0.389 e. The van der Waals surface area contributed by atoms with Gasteiger partial charge in [0.05, 0.1) is 9.92 Å². The molecule has 1 aliphatic rings. The normalized spacial score (nSPS) is 17.1. The van der Waals surface area contributed by atoms with E-state index in [4.69, 9.17) is 29.6 Å². The van der Waals surface area contributed by atoms with Gasteiger partial charge in [-0.25, -0.2) is 8.42 Å². The van der Waals surface area contributed by atoms with Gasteiger partial charge in [-0.2, -0.15) is 4.31 Å². The molecule has 0 unspecified atom stereocenters. The zero-order valence-corrected chi connectivity index (χ0v) is 13.4. The van der Waals surface area contributed by atoms with Crippen molar-refractivity contribution in [2.75, 3.05) is 19.6 Å². The smallest absolute Gasteiger partial charge is 0.243 e. The molecular formula is C12H14ClN3O3S2. The number of carbonyl (C=O) groups is 1. The summed E-state index contributed by atoms with van der Waals surface area (Å²) in [5.74, 6) is -0.158. The summed E-state index contributed by atoms with van der Waals surface area (Å²) in [7, 11) is -3.70. The van der Waals surface area contributed by atoms with Gasteiger partial charge in [-0.15, -0.1) is 0 Å². The lowest BCUT2D eigenvalue weighted by atomic mass is 10.2. The lowest BCUT2D eigenvalue weighted by Gasteiger charge is -2.19. The van der Waals surface area contributed by atoms with Crippen LogP contribution in [0, 0.1) is 0 Å². The van der Waals surface area contributed by atoms with Crippen LogP contribution in [0.25, 0.3) is 0 Å². The number of rotatable bonds is 3. The van der Waals surface area contributed by atoms with Crippen molar-refractivity contribution in [3.63, 3.8) is 0 Å². The first-order valence-electron chi connectivity index (χ1n) is 6.18. The van der Waals surface area contributed by atoms with Gasteiger partial charge in [-0.1, -0.05) is 23.8 Å². The van der Waals surface area contributed by atoms with Crippen molar-refractivity contribution >= 4 is 44.7 Å². The van der Waals surface area contributed by atoms with Crippen molar-refractivity contribution < 1.29 is 13.2 Å². The molecule has 0 spiro atoms. The molecule has 0 aromatic heterocycles. The highest BCUT2D eigenvalue weighted by Crippen LogP contribution is 2.23. The number of carbonyl (C=O) groups excluding carboxylic acids is 1. The highest BCUT2D eigenvalue weighted by molar-refractivity contribution is 7.89. The molecule has 1 saturated heterocycles. The molecule has 1 fully saturated rings. The Kier molecular flexibility index (Phi) is 4.82. The third-order valence-corrected chi connectivity index (χ3v) is 5.54. The van der Waals surface area contributed by atoms with Gasteiger partial charge in [0.2, 0.25) is 15.9 Å². The minimum atomic E-state index is -3.70. The predicted octanol–water partition coefficient (Wildman–Crippen LogP) is 0.485. The lowest BCUT2D eigenvalue weighted by Crippen LogP contribution is -2.34. The van der Waals surface area contributed by atoms with Crippen molar-refractivity contribution in [2.24, 2.45) is 5.73 Å². The number of nitrogens with zero attached hydrogens (tertiary/aromatic N) is 1. The number of sulfonamides is 1. The van der Waals surface area contributed by atoms with Crippen molar-refractivity contribution in [3.05, 3.63) is 28.8 Å². The van der Waals surface area contributed by atoms with Crippen LogP contribution >= 0.6 is 23.8 Å². The predicted molar refractivity (Wildman–Crippen MR) is 83.7 cm³/mol. The van der Waals surface area contributed by atoms with E-state index in [2.05, 4.69) is 5.32 Å². The third kappa shape index (κ3) is 3.52. The van der Waals surface area contributed by atoms with Crippen LogP contribution in [0.3, 0.4) is 0 Å². The number of thiocarbonyl (C=S) groups is 1. The van der Waals surface area contributed by atoms with E-state index in [0.29, 0.717) is 5.56 Å². The summed E-state index contributed by atoms with van der Waals surface area (Å²) in [4.78, 5) is 11.4. The number of hydrogen-bond acceptors (Lipinski definition) is 4. The number of hydrogen-bond donors (Lipinski definition) is 2. The SMILES string of the molecule is NC(=S)c1ccc(S(=O)(=O)N2CCNC(=O)CC2)cc1Cl. The van der Waals surface area contributed by atoms with Crippen molar-refractivity contribution in [1.29, 1.82) is 0 Å². The third-order valence-electron chi connectivity index (χ3n) is 3.12. The van der Waals surface area contributed by atoms with Crippen molar-refractivity contribution in [1.82, 2.24) is 9.62 Å². The van der Waals surface area contributed by atoms with Gasteiger partial charge in [0.1, 0.15) is 4.99 Å². The fourth-order valence-electron chi connectivity index (χ4n) is 1.99. The number of nitrogens with two attached hydrogens (primary N) is 1. The molecule has 0 saturated carbocycles. The number of nitrogens with one attached hydrogen (secondary N) is 1. The Morgan fingerprint density at radius 1 is 1.38 bits per heavy atom. The van der Waals surface area contributed by atoms with Crippen molar-refractivity contribution in [2.45, 2.75) is 11.3 Å². The summed E-state index contributed by atoms with van der Waals surface area (Å²) in [6.07, 6.45) is 0.137. The van der Waals surface area contributed by atoms with Gasteiger partial charge in [0.15, 0.2) is 0 Å². The molecule has 1 aromatic carbocycles. The average Bonchev–Trinajstić information content (AvgIpc) is 2.63. The van der Waals surface area contributed by atoms with Crippen LogP contribution in [0.1, 0.15) is 12.0 Å². The molecule has 1 heterocycles. The number of benzene rings is 1. The standard InChI is InChI=1S/C12H14ClN3O3S2/c13-10-7-8(1-2-9(10)12(14)20)21(18,19)16-5-3-11(17)15-4-6-16/h1-2,7H,3-6H2,(H2,14,20)(H,15,17). The highest BCUT2D eigenvalue weighted by Gasteiger charge is 2.27. The first kappa shape index (κ1) is 16.2. The maximum atomic E-state index is 12.5. The van der Waals surface area contributed by atoms with Crippen LogP contribution in [-0.2, 0) is 14.8 Å². The second-order valence-corrected chi connectivity index (χ2v) is 7.29.